The molecule has 186 valence electrons. The third-order valence-corrected chi connectivity index (χ3v) is 7.34. The first-order valence-electron chi connectivity index (χ1n) is 12.3. The van der Waals surface area contributed by atoms with Crippen LogP contribution in [0.3, 0.4) is 0 Å². The van der Waals surface area contributed by atoms with Crippen LogP contribution in [0.15, 0.2) is 48.6 Å². The summed E-state index contributed by atoms with van der Waals surface area (Å²) in [6.07, 6.45) is 8.44. The zero-order chi connectivity index (χ0) is 25.1. The van der Waals surface area contributed by atoms with Gasteiger partial charge in [0.15, 0.2) is 0 Å². The van der Waals surface area contributed by atoms with Gasteiger partial charge in [-0.1, -0.05) is 30.2 Å². The Kier molecular flexibility index (Phi) is 6.88. The van der Waals surface area contributed by atoms with Crippen LogP contribution in [0.2, 0.25) is 5.02 Å². The Labute approximate surface area is 215 Å². The van der Waals surface area contributed by atoms with Gasteiger partial charge in [0.2, 0.25) is 5.91 Å². The van der Waals surface area contributed by atoms with Gasteiger partial charge in [0.25, 0.3) is 5.91 Å². The number of nitrogens with zero attached hydrogens (tertiary/aromatic N) is 1. The molecular formula is C28H28ClN3O4. The van der Waals surface area contributed by atoms with Crippen molar-refractivity contribution in [2.24, 2.45) is 0 Å². The molecule has 1 atom stereocenters. The van der Waals surface area contributed by atoms with E-state index in [1.54, 1.807) is 12.1 Å². The molecule has 2 amide bonds. The molecule has 0 aromatic heterocycles. The summed E-state index contributed by atoms with van der Waals surface area (Å²) in [5.41, 5.74) is 1.40. The Bertz CT molecular complexity index is 1240. The van der Waals surface area contributed by atoms with Gasteiger partial charge in [0, 0.05) is 6.42 Å². The lowest BCUT2D eigenvalue weighted by molar-refractivity contribution is -0.123. The normalized spacial score (nSPS) is 22.0. The fraction of sp³-hybridized carbons (Fsp3) is 0.393. The summed E-state index contributed by atoms with van der Waals surface area (Å²) < 4.78 is 11.7. The average molecular weight is 506 g/mol. The molecular weight excluding hydrogens is 478 g/mol. The van der Waals surface area contributed by atoms with Crippen LogP contribution >= 0.6 is 11.6 Å². The number of carbonyl (C=O) groups excluding carboxylic acids is 2. The molecule has 36 heavy (non-hydrogen) atoms. The van der Waals surface area contributed by atoms with E-state index >= 15 is 0 Å². The molecule has 2 fully saturated rings. The van der Waals surface area contributed by atoms with Gasteiger partial charge in [0.1, 0.15) is 36.3 Å². The van der Waals surface area contributed by atoms with E-state index in [0.29, 0.717) is 47.5 Å². The molecule has 4 aliphatic rings. The number of hydrogen-bond acceptors (Lipinski definition) is 5. The average Bonchev–Trinajstić information content (AvgIpc) is 3.60. The summed E-state index contributed by atoms with van der Waals surface area (Å²) in [7, 11) is 0. The molecule has 2 aromatic rings. The van der Waals surface area contributed by atoms with E-state index in [1.165, 1.54) is 6.42 Å². The topological polar surface area (TPSA) is 100 Å². The minimum atomic E-state index is -0.904. The van der Waals surface area contributed by atoms with Crippen molar-refractivity contribution in [3.63, 3.8) is 0 Å². The molecule has 0 spiro atoms. The fourth-order valence-electron chi connectivity index (χ4n) is 4.44. The number of halogens is 1. The molecule has 7 nitrogen and oxygen atoms in total. The lowest BCUT2D eigenvalue weighted by Gasteiger charge is -2.27. The molecule has 2 N–H and O–H groups in total. The van der Waals surface area contributed by atoms with Crippen molar-refractivity contribution in [3.05, 3.63) is 70.3 Å². The van der Waals surface area contributed by atoms with Crippen LogP contribution in [0.4, 0.5) is 0 Å². The molecule has 2 aromatic carbocycles. The summed E-state index contributed by atoms with van der Waals surface area (Å²) in [6, 6.07) is 12.3. The molecule has 8 heteroatoms. The summed E-state index contributed by atoms with van der Waals surface area (Å²) in [5, 5.41) is 15.6. The van der Waals surface area contributed by atoms with E-state index in [2.05, 4.69) is 16.7 Å². The first-order valence-corrected chi connectivity index (χ1v) is 12.7. The number of rotatable bonds is 3. The Morgan fingerprint density at radius 2 is 1.81 bits per heavy atom. The summed E-state index contributed by atoms with van der Waals surface area (Å²) in [4.78, 5) is 26.8. The monoisotopic (exact) mass is 505 g/mol. The molecule has 0 saturated heterocycles. The van der Waals surface area contributed by atoms with E-state index in [4.69, 9.17) is 21.1 Å². The second kappa shape index (κ2) is 10.2. The van der Waals surface area contributed by atoms with Crippen molar-refractivity contribution in [2.75, 3.05) is 13.2 Å². The summed E-state index contributed by atoms with van der Waals surface area (Å²) >= 11 is 6.42. The van der Waals surface area contributed by atoms with Gasteiger partial charge < -0.3 is 20.1 Å². The van der Waals surface area contributed by atoms with E-state index in [1.807, 2.05) is 36.4 Å². The predicted molar refractivity (Wildman–Crippen MR) is 135 cm³/mol. The van der Waals surface area contributed by atoms with Gasteiger partial charge >= 0.3 is 0 Å². The first kappa shape index (κ1) is 24.2. The van der Waals surface area contributed by atoms with E-state index < -0.39 is 23.4 Å². The second-order valence-corrected chi connectivity index (χ2v) is 10.1. The molecule has 2 heterocycles. The molecule has 2 aliphatic carbocycles. The molecule has 2 bridgehead atoms. The molecule has 0 radical (unpaired) electrons. The lowest BCUT2D eigenvalue weighted by Crippen LogP contribution is -2.51. The number of hydrogen-bond donors (Lipinski definition) is 2. The number of amides is 2. The van der Waals surface area contributed by atoms with Gasteiger partial charge in [0.05, 0.1) is 16.7 Å². The largest absolute Gasteiger partial charge is 0.489 e. The quantitative estimate of drug-likeness (QED) is 0.600. The standard InChI is InChI=1S/C28H28ClN3O4/c29-22-14-18-6-8-25(22)36-13-2-1-12-35-24-9-7-20(19-4-3-5-19)16-21(24)26(33)31-23(15-18)27(34)32-28(17-30)10-11-28/h1-2,6-9,14,16,19,23H,3-5,10-13,15H2,(H,31,33)(H,32,34)/b2-1+/t23-/m0/s1. The summed E-state index contributed by atoms with van der Waals surface area (Å²) in [5.74, 6) is 0.620. The lowest BCUT2D eigenvalue weighted by atomic mass is 9.79. The second-order valence-electron chi connectivity index (χ2n) is 9.65. The SMILES string of the molecule is N#CC1(NC(=O)[C@@H]2Cc3ccc(c(Cl)c3)OC/C=C/COc3ccc(C4CCC4)cc3C(=O)N2)CC1. The highest BCUT2D eigenvalue weighted by Gasteiger charge is 2.45. The number of carbonyl (C=O) groups is 2. The third kappa shape index (κ3) is 5.34. The molecule has 2 saturated carbocycles. The predicted octanol–water partition coefficient (Wildman–Crippen LogP) is 4.45. The number of benzene rings is 2. The summed E-state index contributed by atoms with van der Waals surface area (Å²) in [6.45, 7) is 0.575. The van der Waals surface area contributed by atoms with Crippen molar-refractivity contribution in [2.45, 2.75) is 56.0 Å². The minimum absolute atomic E-state index is 0.206. The fourth-order valence-corrected chi connectivity index (χ4v) is 4.70. The van der Waals surface area contributed by atoms with E-state index in [9.17, 15) is 14.9 Å². The van der Waals surface area contributed by atoms with Crippen LogP contribution in [-0.2, 0) is 11.2 Å². The van der Waals surface area contributed by atoms with Crippen molar-refractivity contribution < 1.29 is 19.1 Å². The van der Waals surface area contributed by atoms with Crippen molar-refractivity contribution in [3.8, 4) is 17.6 Å². The highest BCUT2D eigenvalue weighted by atomic mass is 35.5. The van der Waals surface area contributed by atoms with Crippen molar-refractivity contribution in [1.82, 2.24) is 10.6 Å². The Hall–Kier alpha value is -3.50. The van der Waals surface area contributed by atoms with Crippen LogP contribution < -0.4 is 20.1 Å². The highest BCUT2D eigenvalue weighted by molar-refractivity contribution is 6.32. The van der Waals surface area contributed by atoms with Crippen LogP contribution in [0, 0.1) is 11.3 Å². The first-order chi connectivity index (χ1) is 17.5. The minimum Gasteiger partial charge on any atom is -0.489 e. The van der Waals surface area contributed by atoms with Gasteiger partial charge in [-0.25, -0.2) is 0 Å². The number of fused-ring (bicyclic) bond motifs is 9. The van der Waals surface area contributed by atoms with Crippen molar-refractivity contribution >= 4 is 23.4 Å². The Morgan fingerprint density at radius 3 is 2.44 bits per heavy atom. The smallest absolute Gasteiger partial charge is 0.255 e. The van der Waals surface area contributed by atoms with Crippen LogP contribution in [0.5, 0.6) is 11.5 Å². The van der Waals surface area contributed by atoms with Crippen LogP contribution in [-0.4, -0.2) is 36.6 Å². The van der Waals surface area contributed by atoms with Gasteiger partial charge in [-0.15, -0.1) is 0 Å². The van der Waals surface area contributed by atoms with E-state index in [0.717, 1.165) is 24.0 Å². The third-order valence-electron chi connectivity index (χ3n) is 7.05. The number of nitrogens with one attached hydrogen (secondary N) is 2. The van der Waals surface area contributed by atoms with Gasteiger partial charge in [-0.3, -0.25) is 9.59 Å². The zero-order valence-corrected chi connectivity index (χ0v) is 20.6. The van der Waals surface area contributed by atoms with Gasteiger partial charge in [-0.2, -0.15) is 5.26 Å². The number of ether oxygens (including phenoxy) is 2. The van der Waals surface area contributed by atoms with Gasteiger partial charge in [-0.05, 0) is 79.1 Å². The molecule has 0 unspecified atom stereocenters. The van der Waals surface area contributed by atoms with Crippen LogP contribution in [0.1, 0.15) is 59.5 Å². The zero-order valence-electron chi connectivity index (χ0n) is 19.9. The van der Waals surface area contributed by atoms with Crippen LogP contribution in [0.25, 0.3) is 0 Å². The molecule has 6 rings (SSSR count). The maximum Gasteiger partial charge on any atom is 0.255 e. The number of nitriles is 1. The maximum absolute atomic E-state index is 13.6. The Morgan fingerprint density at radius 1 is 1.08 bits per heavy atom. The van der Waals surface area contributed by atoms with Crippen molar-refractivity contribution in [1.29, 1.82) is 5.26 Å². The highest BCUT2D eigenvalue weighted by Crippen LogP contribution is 2.38. The van der Waals surface area contributed by atoms with E-state index in [-0.39, 0.29) is 13.0 Å². The Balaban J connectivity index is 1.48. The molecule has 2 aliphatic heterocycles. The maximum atomic E-state index is 13.6.